The van der Waals surface area contributed by atoms with Gasteiger partial charge in [0.15, 0.2) is 0 Å². The molecule has 3 heterocycles. The summed E-state index contributed by atoms with van der Waals surface area (Å²) in [7, 11) is -4.88. The Bertz CT molecular complexity index is 1820. The van der Waals surface area contributed by atoms with Crippen LogP contribution in [0.25, 0.3) is 5.52 Å². The van der Waals surface area contributed by atoms with Gasteiger partial charge in [-0.05, 0) is 48.4 Å². The number of nitrogens with zero attached hydrogens (tertiary/aromatic N) is 4. The number of fused-ring (bicyclic) bond motifs is 1. The van der Waals surface area contributed by atoms with E-state index in [1.165, 1.54) is 106 Å². The minimum atomic E-state index is -4.88. The highest BCUT2D eigenvalue weighted by atomic mass is 31.2. The summed E-state index contributed by atoms with van der Waals surface area (Å²) in [5.74, 6) is -0.603. The fourth-order valence-corrected chi connectivity index (χ4v) is 8.10. The molecule has 1 aliphatic rings. The second-order valence-corrected chi connectivity index (χ2v) is 16.5. The summed E-state index contributed by atoms with van der Waals surface area (Å²) in [5, 5.41) is 45.4. The van der Waals surface area contributed by atoms with Gasteiger partial charge in [-0.25, -0.2) is 13.5 Å². The summed E-state index contributed by atoms with van der Waals surface area (Å²) >= 11 is 0. The number of unbranched alkanes of at least 4 members (excludes halogenated alkanes) is 15. The third kappa shape index (κ3) is 14.4. The van der Waals surface area contributed by atoms with Gasteiger partial charge in [0.25, 0.3) is 0 Å². The van der Waals surface area contributed by atoms with Crippen molar-refractivity contribution < 1.29 is 47.3 Å². The molecule has 2 aromatic heterocycles. The van der Waals surface area contributed by atoms with Crippen molar-refractivity contribution in [2.45, 2.75) is 146 Å². The van der Waals surface area contributed by atoms with Gasteiger partial charge in [-0.1, -0.05) is 103 Å². The summed E-state index contributed by atoms with van der Waals surface area (Å²) in [5.41, 5.74) is 5.30. The number of phosphoric acid groups is 1. The fraction of sp³-hybridized carbons (Fsp3) is 0.643. The number of benzene rings is 1. The second-order valence-electron chi connectivity index (χ2n) is 15.1. The molecule has 0 amide bonds. The lowest BCUT2D eigenvalue weighted by Gasteiger charge is -2.24. The van der Waals surface area contributed by atoms with Crippen LogP contribution in [-0.2, 0) is 40.0 Å². The number of phosphoric ester groups is 1. The van der Waals surface area contributed by atoms with Gasteiger partial charge < -0.3 is 35.1 Å². The van der Waals surface area contributed by atoms with Crippen LogP contribution in [0.4, 0.5) is 10.1 Å². The number of nitriles is 2. The smallest absolute Gasteiger partial charge is 0.397 e. The highest BCUT2D eigenvalue weighted by molar-refractivity contribution is 7.47. The molecule has 14 nitrogen and oxygen atoms in total. The predicted molar refractivity (Wildman–Crippen MR) is 216 cm³/mol. The number of aliphatic hydroxyl groups excluding tert-OH is 2. The summed E-state index contributed by atoms with van der Waals surface area (Å²) in [4.78, 5) is 10.7. The number of nitrogen functional groups attached to an aromatic ring is 1. The molecule has 16 heteroatoms. The highest BCUT2D eigenvalue weighted by Crippen LogP contribution is 2.47. The average molecular weight is 830 g/mol. The van der Waals surface area contributed by atoms with Crippen molar-refractivity contribution in [2.75, 3.05) is 32.2 Å². The van der Waals surface area contributed by atoms with Crippen molar-refractivity contribution in [1.82, 2.24) is 9.61 Å². The van der Waals surface area contributed by atoms with E-state index in [9.17, 15) is 34.6 Å². The Balaban J connectivity index is 1.22. The lowest BCUT2D eigenvalue weighted by molar-refractivity contribution is -0.0688. The Morgan fingerprint density at radius 1 is 0.931 bits per heavy atom. The van der Waals surface area contributed by atoms with Gasteiger partial charge >= 0.3 is 7.82 Å². The van der Waals surface area contributed by atoms with Crippen molar-refractivity contribution >= 4 is 19.0 Å². The molecule has 5 N–H and O–H groups in total. The first kappa shape index (κ1) is 47.2. The Hall–Kier alpha value is -3.47. The molecule has 1 saturated heterocycles. The first-order valence-corrected chi connectivity index (χ1v) is 22.2. The number of rotatable bonds is 29. The molecule has 1 aromatic carbocycles. The lowest BCUT2D eigenvalue weighted by atomic mass is 9.92. The molecule has 4 rings (SSSR count). The number of hydrogen-bond acceptors (Lipinski definition) is 12. The molecule has 3 aromatic rings. The van der Waals surface area contributed by atoms with Gasteiger partial charge in [-0.15, -0.1) is 0 Å². The molecule has 1 unspecified atom stereocenters. The van der Waals surface area contributed by atoms with Gasteiger partial charge in [-0.2, -0.15) is 15.6 Å². The number of aliphatic hydroxyl groups is 2. The molecule has 0 radical (unpaired) electrons. The first-order chi connectivity index (χ1) is 28.0. The van der Waals surface area contributed by atoms with E-state index in [4.69, 9.17) is 29.0 Å². The van der Waals surface area contributed by atoms with Gasteiger partial charge in [-0.3, -0.25) is 9.05 Å². The van der Waals surface area contributed by atoms with Crippen LogP contribution in [-0.4, -0.2) is 75.6 Å². The molecule has 1 fully saturated rings. The summed E-state index contributed by atoms with van der Waals surface area (Å²) in [6.07, 6.45) is 15.3. The molecule has 0 bridgehead atoms. The SMILES string of the molecule is CCCCCCCCCCCCCCCCCCOC[C@H](COCc1cc(F)cc(C#N)c1)OP(=O)(O)OC[C@H]1O[C@@](C#N)(c2ccc3c(N)ccnn23)[C@H](O)[C@@H]1O. The van der Waals surface area contributed by atoms with Crippen LogP contribution in [0.5, 0.6) is 0 Å². The zero-order valence-corrected chi connectivity index (χ0v) is 34.6. The van der Waals surface area contributed by atoms with Crippen molar-refractivity contribution in [1.29, 1.82) is 10.5 Å². The number of hydrogen-bond donors (Lipinski definition) is 4. The monoisotopic (exact) mass is 829 g/mol. The average Bonchev–Trinajstić information content (AvgIpc) is 3.75. The number of halogens is 1. The second kappa shape index (κ2) is 24.6. The van der Waals surface area contributed by atoms with E-state index < -0.39 is 50.3 Å². The van der Waals surface area contributed by atoms with Crippen LogP contribution in [0.1, 0.15) is 126 Å². The van der Waals surface area contributed by atoms with E-state index in [0.717, 1.165) is 31.7 Å². The zero-order chi connectivity index (χ0) is 41.8. The fourth-order valence-electron chi connectivity index (χ4n) is 7.20. The molecule has 0 spiro atoms. The summed E-state index contributed by atoms with van der Waals surface area (Å²) < 4.78 is 56.5. The Morgan fingerprint density at radius 3 is 2.17 bits per heavy atom. The number of aromatic nitrogens is 2. The minimum Gasteiger partial charge on any atom is -0.397 e. The molecule has 0 saturated carbocycles. The van der Waals surface area contributed by atoms with E-state index in [0.29, 0.717) is 23.4 Å². The standard InChI is InChI=1S/C42H61FN5O9P/c1-2-3-4-5-6-7-8-9-10-11-12-13-14-15-16-17-22-53-28-35(29-54-27-33-23-32(26-44)24-34(43)25-33)57-58(51,52)55-30-38-40(49)41(50)42(31-45,56-38)39-19-18-37-36(46)20-21-47-48(37)39/h18-21,23-25,35,38,40-41,49-50H,2-17,22,27-30,46H2,1H3,(H,51,52)/t35-,38-,40-,41-,42+/m1/s1. The zero-order valence-electron chi connectivity index (χ0n) is 33.7. The maximum Gasteiger partial charge on any atom is 0.472 e. The largest absolute Gasteiger partial charge is 0.472 e. The number of nitrogens with two attached hydrogens (primary N) is 1. The molecule has 58 heavy (non-hydrogen) atoms. The Kier molecular flexibility index (Phi) is 20.0. The van der Waals surface area contributed by atoms with Crippen molar-refractivity contribution in [3.8, 4) is 12.1 Å². The quantitative estimate of drug-likeness (QED) is 0.0389. The topological polar surface area (TPSA) is 215 Å². The Morgan fingerprint density at radius 2 is 1.55 bits per heavy atom. The van der Waals surface area contributed by atoms with Gasteiger partial charge in [0.05, 0.1) is 55.0 Å². The van der Waals surface area contributed by atoms with Crippen molar-refractivity contribution in [2.24, 2.45) is 0 Å². The normalized spacial score (nSPS) is 20.8. The van der Waals surface area contributed by atoms with E-state index in [1.807, 2.05) is 12.1 Å². The molecule has 1 aliphatic heterocycles. The first-order valence-electron chi connectivity index (χ1n) is 20.7. The van der Waals surface area contributed by atoms with Crippen molar-refractivity contribution in [3.63, 3.8) is 0 Å². The Labute approximate surface area is 341 Å². The van der Waals surface area contributed by atoms with Gasteiger partial charge in [0, 0.05) is 12.8 Å². The highest BCUT2D eigenvalue weighted by Gasteiger charge is 2.58. The molecular formula is C42H61FN5O9P. The number of ether oxygens (including phenoxy) is 3. The number of anilines is 1. The van der Waals surface area contributed by atoms with Crippen LogP contribution in [0.15, 0.2) is 42.6 Å². The van der Waals surface area contributed by atoms with E-state index in [1.54, 1.807) is 12.1 Å². The third-order valence-electron chi connectivity index (χ3n) is 10.4. The molecule has 0 aliphatic carbocycles. The third-order valence-corrected chi connectivity index (χ3v) is 11.4. The van der Waals surface area contributed by atoms with Crippen LogP contribution in [0.2, 0.25) is 0 Å². The van der Waals surface area contributed by atoms with Crippen LogP contribution < -0.4 is 5.73 Å². The van der Waals surface area contributed by atoms with Crippen LogP contribution in [0, 0.1) is 28.5 Å². The molecule has 6 atom stereocenters. The molecular weight excluding hydrogens is 768 g/mol. The van der Waals surface area contributed by atoms with Gasteiger partial charge in [0.1, 0.15) is 36.3 Å². The lowest BCUT2D eigenvalue weighted by Crippen LogP contribution is -2.41. The minimum absolute atomic E-state index is 0.0914. The van der Waals surface area contributed by atoms with Crippen molar-refractivity contribution in [3.05, 3.63) is 65.2 Å². The maximum absolute atomic E-state index is 14.0. The van der Waals surface area contributed by atoms with Crippen LogP contribution in [0.3, 0.4) is 0 Å². The van der Waals surface area contributed by atoms with E-state index >= 15 is 0 Å². The maximum atomic E-state index is 14.0. The van der Waals surface area contributed by atoms with E-state index in [2.05, 4.69) is 12.0 Å². The van der Waals surface area contributed by atoms with Gasteiger partial charge in [0.2, 0.25) is 5.60 Å². The molecule has 320 valence electrons. The summed E-state index contributed by atoms with van der Waals surface area (Å²) in [6.45, 7) is 1.40. The van der Waals surface area contributed by atoms with Crippen LogP contribution >= 0.6 is 7.82 Å². The summed E-state index contributed by atoms with van der Waals surface area (Å²) in [6, 6.07) is 12.2. The van der Waals surface area contributed by atoms with E-state index in [-0.39, 0.29) is 31.1 Å². The predicted octanol–water partition coefficient (Wildman–Crippen LogP) is 7.76.